The average molecular weight is 242 g/mol. The predicted octanol–water partition coefficient (Wildman–Crippen LogP) is 3.45. The molecule has 0 aromatic carbocycles. The summed E-state index contributed by atoms with van der Waals surface area (Å²) in [7, 11) is 0. The van der Waals surface area contributed by atoms with E-state index in [9.17, 15) is 0 Å². The van der Waals surface area contributed by atoms with Crippen molar-refractivity contribution in [1.29, 1.82) is 0 Å². The van der Waals surface area contributed by atoms with Gasteiger partial charge in [0.25, 0.3) is 0 Å². The Morgan fingerprint density at radius 1 is 1.56 bits per heavy atom. The van der Waals surface area contributed by atoms with Crippen molar-refractivity contribution in [3.63, 3.8) is 0 Å². The van der Waals surface area contributed by atoms with Crippen molar-refractivity contribution >= 4 is 16.8 Å². The van der Waals surface area contributed by atoms with E-state index in [0.717, 1.165) is 34.9 Å². The lowest BCUT2D eigenvalue weighted by Crippen LogP contribution is -2.06. The van der Waals surface area contributed by atoms with Crippen molar-refractivity contribution in [3.8, 4) is 0 Å². The van der Waals surface area contributed by atoms with Crippen LogP contribution in [0.2, 0.25) is 0 Å². The van der Waals surface area contributed by atoms with Gasteiger partial charge in [-0.1, -0.05) is 6.58 Å². The van der Waals surface area contributed by atoms with Gasteiger partial charge >= 0.3 is 0 Å². The number of ether oxygens (including phenoxy) is 1. The zero-order valence-corrected chi connectivity index (χ0v) is 10.7. The van der Waals surface area contributed by atoms with Crippen molar-refractivity contribution in [2.45, 2.75) is 26.3 Å². The molecular formula is C15H18N2O. The summed E-state index contributed by atoms with van der Waals surface area (Å²) < 4.78 is 7.81. The average Bonchev–Trinajstić information content (AvgIpc) is 3.11. The smallest absolute Gasteiger partial charge is 0.140 e. The maximum absolute atomic E-state index is 5.56. The summed E-state index contributed by atoms with van der Waals surface area (Å²) in [4.78, 5) is 4.49. The molecule has 3 nitrogen and oxygen atoms in total. The third kappa shape index (κ3) is 2.01. The first-order chi connectivity index (χ1) is 8.79. The van der Waals surface area contributed by atoms with Crippen molar-refractivity contribution in [2.24, 2.45) is 5.92 Å². The number of nitrogens with zero attached hydrogens (tertiary/aromatic N) is 2. The van der Waals surface area contributed by atoms with E-state index in [4.69, 9.17) is 4.74 Å². The molecule has 0 atom stereocenters. The molecule has 2 aromatic rings. The summed E-state index contributed by atoms with van der Waals surface area (Å²) in [6.45, 7) is 7.69. The first-order valence-corrected chi connectivity index (χ1v) is 6.56. The molecule has 0 bridgehead atoms. The fourth-order valence-corrected chi connectivity index (χ4v) is 2.31. The molecule has 0 radical (unpaired) electrons. The molecule has 3 rings (SSSR count). The third-order valence-electron chi connectivity index (χ3n) is 3.40. The molecular weight excluding hydrogens is 224 g/mol. The number of aromatic nitrogens is 2. The van der Waals surface area contributed by atoms with Gasteiger partial charge in [-0.25, -0.2) is 4.98 Å². The van der Waals surface area contributed by atoms with Crippen molar-refractivity contribution in [3.05, 3.63) is 36.7 Å². The quantitative estimate of drug-likeness (QED) is 0.751. The van der Waals surface area contributed by atoms with Gasteiger partial charge in [0.15, 0.2) is 0 Å². The van der Waals surface area contributed by atoms with Gasteiger partial charge in [0, 0.05) is 18.1 Å². The second kappa shape index (κ2) is 4.48. The number of hydrogen-bond acceptors (Lipinski definition) is 2. The summed E-state index contributed by atoms with van der Waals surface area (Å²) in [5, 5.41) is 1.16. The minimum absolute atomic E-state index is 0.650. The maximum Gasteiger partial charge on any atom is 0.140 e. The highest BCUT2D eigenvalue weighted by Gasteiger charge is 2.24. The lowest BCUT2D eigenvalue weighted by atomic mass is 10.3. The van der Waals surface area contributed by atoms with E-state index < -0.39 is 0 Å². The van der Waals surface area contributed by atoms with E-state index in [1.807, 2.05) is 19.2 Å². The number of fused-ring (bicyclic) bond motifs is 1. The minimum atomic E-state index is 0.650. The van der Waals surface area contributed by atoms with Crippen LogP contribution in [0.3, 0.4) is 0 Å². The van der Waals surface area contributed by atoms with E-state index in [-0.39, 0.29) is 0 Å². The van der Waals surface area contributed by atoms with Crippen LogP contribution >= 0.6 is 0 Å². The molecule has 0 N–H and O–H groups in total. The van der Waals surface area contributed by atoms with E-state index in [0.29, 0.717) is 6.61 Å². The van der Waals surface area contributed by atoms with Crippen LogP contribution in [-0.2, 0) is 11.3 Å². The van der Waals surface area contributed by atoms with Gasteiger partial charge in [0.1, 0.15) is 11.4 Å². The fraction of sp³-hybridized carbons (Fsp3) is 0.400. The molecule has 1 saturated carbocycles. The van der Waals surface area contributed by atoms with Crippen LogP contribution in [0, 0.1) is 5.92 Å². The number of rotatable bonds is 5. The van der Waals surface area contributed by atoms with Gasteiger partial charge in [0.2, 0.25) is 0 Å². The normalized spacial score (nSPS) is 14.9. The predicted molar refractivity (Wildman–Crippen MR) is 73.1 cm³/mol. The molecule has 0 amide bonds. The number of pyridine rings is 1. The highest BCUT2D eigenvalue weighted by atomic mass is 16.5. The minimum Gasteiger partial charge on any atom is -0.492 e. The first-order valence-electron chi connectivity index (χ1n) is 6.56. The Hall–Kier alpha value is -1.77. The molecule has 1 aliphatic rings. The molecule has 94 valence electrons. The summed E-state index contributed by atoms with van der Waals surface area (Å²) in [6, 6.07) is 6.19. The van der Waals surface area contributed by atoms with E-state index in [1.165, 1.54) is 12.8 Å². The molecule has 1 aliphatic carbocycles. The summed E-state index contributed by atoms with van der Waals surface area (Å²) in [5.41, 5.74) is 2.11. The fourth-order valence-electron chi connectivity index (χ4n) is 2.31. The standard InChI is InChI=1S/C15H18N2O/c1-3-18-11(2)14-9-13-5-4-8-16-15(13)17(14)10-12-6-7-12/h4-5,8-9,12H,2-3,6-7,10H2,1H3. The molecule has 0 aliphatic heterocycles. The molecule has 18 heavy (non-hydrogen) atoms. The Morgan fingerprint density at radius 2 is 2.39 bits per heavy atom. The van der Waals surface area contributed by atoms with Gasteiger partial charge in [-0.2, -0.15) is 0 Å². The van der Waals surface area contributed by atoms with Gasteiger partial charge < -0.3 is 9.30 Å². The second-order valence-corrected chi connectivity index (χ2v) is 4.86. The van der Waals surface area contributed by atoms with E-state index >= 15 is 0 Å². The molecule has 2 heterocycles. The topological polar surface area (TPSA) is 27.1 Å². The monoisotopic (exact) mass is 242 g/mol. The number of hydrogen-bond donors (Lipinski definition) is 0. The maximum atomic E-state index is 5.56. The molecule has 3 heteroatoms. The van der Waals surface area contributed by atoms with Crippen molar-refractivity contribution < 1.29 is 4.74 Å². The zero-order valence-electron chi connectivity index (χ0n) is 10.7. The largest absolute Gasteiger partial charge is 0.492 e. The lowest BCUT2D eigenvalue weighted by molar-refractivity contribution is 0.296. The third-order valence-corrected chi connectivity index (χ3v) is 3.40. The van der Waals surface area contributed by atoms with E-state index in [2.05, 4.69) is 28.3 Å². The van der Waals surface area contributed by atoms with Crippen LogP contribution in [0.1, 0.15) is 25.5 Å². The second-order valence-electron chi connectivity index (χ2n) is 4.86. The van der Waals surface area contributed by atoms with Crippen LogP contribution in [0.5, 0.6) is 0 Å². The molecule has 2 aromatic heterocycles. The Labute approximate surface area is 107 Å². The van der Waals surface area contributed by atoms with Crippen molar-refractivity contribution in [1.82, 2.24) is 9.55 Å². The van der Waals surface area contributed by atoms with Crippen molar-refractivity contribution in [2.75, 3.05) is 6.61 Å². The lowest BCUT2D eigenvalue weighted by Gasteiger charge is -2.11. The highest BCUT2D eigenvalue weighted by Crippen LogP contribution is 2.34. The van der Waals surface area contributed by atoms with Crippen LogP contribution in [0.25, 0.3) is 16.8 Å². The summed E-state index contributed by atoms with van der Waals surface area (Å²) in [5.74, 6) is 1.55. The van der Waals surface area contributed by atoms with Crippen LogP contribution in [0.15, 0.2) is 31.0 Å². The zero-order chi connectivity index (χ0) is 12.5. The van der Waals surface area contributed by atoms with Gasteiger partial charge in [0.05, 0.1) is 12.3 Å². The molecule has 0 spiro atoms. The van der Waals surface area contributed by atoms with Crippen LogP contribution in [-0.4, -0.2) is 16.2 Å². The Kier molecular flexibility index (Phi) is 2.82. The molecule has 0 unspecified atom stereocenters. The first kappa shape index (κ1) is 11.3. The Balaban J connectivity index is 2.06. The highest BCUT2D eigenvalue weighted by molar-refractivity contribution is 5.81. The molecule has 1 fully saturated rings. The summed E-state index contributed by atoms with van der Waals surface area (Å²) >= 11 is 0. The van der Waals surface area contributed by atoms with Gasteiger partial charge in [-0.05, 0) is 43.9 Å². The summed E-state index contributed by atoms with van der Waals surface area (Å²) in [6.07, 6.45) is 4.50. The van der Waals surface area contributed by atoms with Gasteiger partial charge in [-0.3, -0.25) is 0 Å². The SMILES string of the molecule is C=C(OCC)c1cc2cccnc2n1CC1CC1. The van der Waals surface area contributed by atoms with Crippen LogP contribution in [0.4, 0.5) is 0 Å². The molecule has 0 saturated heterocycles. The van der Waals surface area contributed by atoms with E-state index in [1.54, 1.807) is 0 Å². The van der Waals surface area contributed by atoms with Gasteiger partial charge in [-0.15, -0.1) is 0 Å². The Bertz CT molecular complexity index is 581. The Morgan fingerprint density at radius 3 is 3.11 bits per heavy atom. The van der Waals surface area contributed by atoms with Crippen LogP contribution < -0.4 is 0 Å².